The van der Waals surface area contributed by atoms with E-state index in [1.807, 2.05) is 45.6 Å². The number of nitrogens with one attached hydrogen (secondary N) is 1. The molecule has 1 amide bonds. The third-order valence-electron chi connectivity index (χ3n) is 4.64. The van der Waals surface area contributed by atoms with E-state index in [9.17, 15) is 4.79 Å². The molecular formula is C18H26N4O3. The van der Waals surface area contributed by atoms with E-state index < -0.39 is 0 Å². The van der Waals surface area contributed by atoms with Crippen LogP contribution in [0.5, 0.6) is 0 Å². The van der Waals surface area contributed by atoms with Crippen molar-refractivity contribution >= 4 is 5.91 Å². The summed E-state index contributed by atoms with van der Waals surface area (Å²) >= 11 is 0. The number of carbonyl (C=O) groups excluding carboxylic acids is 1. The normalized spacial score (nSPS) is 19.4. The monoisotopic (exact) mass is 346 g/mol. The fourth-order valence-electron chi connectivity index (χ4n) is 3.19. The fraction of sp³-hybridized carbons (Fsp3) is 0.611. The zero-order chi connectivity index (χ0) is 18.1. The number of ether oxygens (including phenoxy) is 1. The quantitative estimate of drug-likeness (QED) is 0.920. The van der Waals surface area contributed by atoms with Gasteiger partial charge in [-0.2, -0.15) is 5.10 Å². The summed E-state index contributed by atoms with van der Waals surface area (Å²) in [5, 5.41) is 7.18. The molecule has 136 valence electrons. The Morgan fingerprint density at radius 1 is 1.36 bits per heavy atom. The average Bonchev–Trinajstić information content (AvgIpc) is 3.20. The van der Waals surface area contributed by atoms with E-state index in [-0.39, 0.29) is 23.8 Å². The number of aromatic nitrogens is 3. The second kappa shape index (κ2) is 7.00. The predicted molar refractivity (Wildman–Crippen MR) is 92.3 cm³/mol. The van der Waals surface area contributed by atoms with Crippen molar-refractivity contribution in [3.8, 4) is 0 Å². The molecule has 1 N–H and O–H groups in total. The first-order chi connectivity index (χ1) is 11.9. The number of hydrogen-bond acceptors (Lipinski definition) is 5. The third kappa shape index (κ3) is 3.61. The zero-order valence-electron chi connectivity index (χ0n) is 15.5. The minimum atomic E-state index is -0.267. The van der Waals surface area contributed by atoms with Gasteiger partial charge in [-0.25, -0.2) is 4.98 Å². The minimum Gasteiger partial charge on any atom is -0.466 e. The van der Waals surface area contributed by atoms with Gasteiger partial charge in [-0.15, -0.1) is 0 Å². The molecule has 1 saturated heterocycles. The molecule has 0 radical (unpaired) electrons. The number of H-pyrrole nitrogens is 1. The van der Waals surface area contributed by atoms with E-state index in [0.717, 1.165) is 22.9 Å². The van der Waals surface area contributed by atoms with E-state index in [1.54, 1.807) is 0 Å². The number of amides is 1. The molecule has 1 fully saturated rings. The molecule has 0 saturated carbocycles. The Hall–Kier alpha value is -2.15. The van der Waals surface area contributed by atoms with Gasteiger partial charge in [-0.1, -0.05) is 13.8 Å². The molecule has 25 heavy (non-hydrogen) atoms. The van der Waals surface area contributed by atoms with E-state index in [1.165, 1.54) is 0 Å². The minimum absolute atomic E-state index is 0.0841. The van der Waals surface area contributed by atoms with Gasteiger partial charge >= 0.3 is 0 Å². The Kier molecular flexibility index (Phi) is 4.94. The van der Waals surface area contributed by atoms with Gasteiger partial charge in [0.1, 0.15) is 17.6 Å². The zero-order valence-corrected chi connectivity index (χ0v) is 15.5. The van der Waals surface area contributed by atoms with Gasteiger partial charge in [0.2, 0.25) is 5.91 Å². The van der Waals surface area contributed by atoms with Crippen LogP contribution in [0.1, 0.15) is 67.4 Å². The summed E-state index contributed by atoms with van der Waals surface area (Å²) in [4.78, 5) is 19.3. The highest BCUT2D eigenvalue weighted by atomic mass is 16.5. The molecule has 0 unspecified atom stereocenters. The number of rotatable bonds is 4. The highest BCUT2D eigenvalue weighted by Crippen LogP contribution is 2.27. The number of aromatic amines is 1. The van der Waals surface area contributed by atoms with Crippen molar-refractivity contribution in [2.75, 3.05) is 19.7 Å². The number of hydrogen-bond donors (Lipinski definition) is 1. The van der Waals surface area contributed by atoms with Crippen molar-refractivity contribution in [3.63, 3.8) is 0 Å². The lowest BCUT2D eigenvalue weighted by atomic mass is 9.99. The summed E-state index contributed by atoms with van der Waals surface area (Å²) in [6, 6.07) is 1.95. The first kappa shape index (κ1) is 17.7. The Labute approximate surface area is 147 Å². The second-order valence-corrected chi connectivity index (χ2v) is 6.97. The summed E-state index contributed by atoms with van der Waals surface area (Å²) in [5.41, 5.74) is 0.951. The summed E-state index contributed by atoms with van der Waals surface area (Å²) in [6.45, 7) is 11.4. The maximum absolute atomic E-state index is 12.9. The summed E-state index contributed by atoms with van der Waals surface area (Å²) in [5.74, 6) is 3.18. The molecule has 7 heteroatoms. The Morgan fingerprint density at radius 2 is 2.12 bits per heavy atom. The van der Waals surface area contributed by atoms with Gasteiger partial charge in [0.05, 0.1) is 19.1 Å². The van der Waals surface area contributed by atoms with Crippen LogP contribution >= 0.6 is 0 Å². The van der Waals surface area contributed by atoms with E-state index in [0.29, 0.717) is 25.5 Å². The smallest absolute Gasteiger partial charge is 0.230 e. The van der Waals surface area contributed by atoms with Crippen molar-refractivity contribution in [2.45, 2.75) is 52.6 Å². The van der Waals surface area contributed by atoms with Crippen LogP contribution in [0, 0.1) is 13.8 Å². The number of morpholine rings is 1. The van der Waals surface area contributed by atoms with Crippen LogP contribution in [0.3, 0.4) is 0 Å². The standard InChI is InChI=1S/C18H26N4O3/c1-10(2)16-19-17(21-20-16)15-9-22(6-7-24-15)18(23)12(4)14-8-11(3)25-13(14)5/h8,10,12,15H,6-7,9H2,1-5H3,(H,19,20,21)/t12-,15-/m0/s1. The van der Waals surface area contributed by atoms with Crippen molar-refractivity contribution in [2.24, 2.45) is 0 Å². The SMILES string of the molecule is Cc1cc([C@H](C)C(=O)N2CCO[C@H](c3nc(C(C)C)n[nH]3)C2)c(C)o1. The van der Waals surface area contributed by atoms with E-state index in [2.05, 4.69) is 15.2 Å². The molecule has 0 aliphatic carbocycles. The average molecular weight is 346 g/mol. The van der Waals surface area contributed by atoms with Crippen LogP contribution < -0.4 is 0 Å². The molecule has 0 spiro atoms. The molecule has 1 aliphatic rings. The van der Waals surface area contributed by atoms with Gasteiger partial charge in [-0.3, -0.25) is 9.89 Å². The van der Waals surface area contributed by atoms with Crippen LogP contribution in [0.4, 0.5) is 0 Å². The molecular weight excluding hydrogens is 320 g/mol. The molecule has 2 aromatic heterocycles. The Balaban J connectivity index is 1.71. The van der Waals surface area contributed by atoms with Gasteiger partial charge in [0, 0.05) is 18.0 Å². The van der Waals surface area contributed by atoms with E-state index in [4.69, 9.17) is 9.15 Å². The summed E-state index contributed by atoms with van der Waals surface area (Å²) in [7, 11) is 0. The number of nitrogens with zero attached hydrogens (tertiary/aromatic N) is 3. The molecule has 7 nitrogen and oxygen atoms in total. The highest BCUT2D eigenvalue weighted by Gasteiger charge is 2.31. The fourth-order valence-corrected chi connectivity index (χ4v) is 3.19. The van der Waals surface area contributed by atoms with Gasteiger partial charge in [0.25, 0.3) is 0 Å². The molecule has 0 bridgehead atoms. The predicted octanol–water partition coefficient (Wildman–Crippen LogP) is 2.84. The highest BCUT2D eigenvalue weighted by molar-refractivity contribution is 5.83. The van der Waals surface area contributed by atoms with Crippen LogP contribution in [0.15, 0.2) is 10.5 Å². The number of carbonyl (C=O) groups is 1. The van der Waals surface area contributed by atoms with Gasteiger partial charge in [-0.05, 0) is 26.8 Å². The van der Waals surface area contributed by atoms with Crippen LogP contribution in [-0.2, 0) is 9.53 Å². The second-order valence-electron chi connectivity index (χ2n) is 6.97. The molecule has 1 aliphatic heterocycles. The van der Waals surface area contributed by atoms with E-state index >= 15 is 0 Å². The maximum Gasteiger partial charge on any atom is 0.230 e. The molecule has 3 rings (SSSR count). The lowest BCUT2D eigenvalue weighted by Crippen LogP contribution is -2.44. The number of furan rings is 1. The molecule has 0 aromatic carbocycles. The van der Waals surface area contributed by atoms with Crippen molar-refractivity contribution < 1.29 is 13.9 Å². The topological polar surface area (TPSA) is 84.3 Å². The number of aryl methyl sites for hydroxylation is 2. The van der Waals surface area contributed by atoms with Gasteiger partial charge < -0.3 is 14.1 Å². The Bertz CT molecular complexity index is 749. The van der Waals surface area contributed by atoms with Crippen molar-refractivity contribution in [1.29, 1.82) is 0 Å². The molecule has 2 aromatic rings. The van der Waals surface area contributed by atoms with Crippen LogP contribution in [-0.4, -0.2) is 45.7 Å². The van der Waals surface area contributed by atoms with Crippen molar-refractivity contribution in [3.05, 3.63) is 34.8 Å². The van der Waals surface area contributed by atoms with Crippen LogP contribution in [0.2, 0.25) is 0 Å². The maximum atomic E-state index is 12.9. The first-order valence-corrected chi connectivity index (χ1v) is 8.76. The largest absolute Gasteiger partial charge is 0.466 e. The first-order valence-electron chi connectivity index (χ1n) is 8.76. The summed E-state index contributed by atoms with van der Waals surface area (Å²) < 4.78 is 11.4. The molecule has 3 heterocycles. The Morgan fingerprint density at radius 3 is 2.72 bits per heavy atom. The van der Waals surface area contributed by atoms with Crippen molar-refractivity contribution in [1.82, 2.24) is 20.1 Å². The van der Waals surface area contributed by atoms with Gasteiger partial charge in [0.15, 0.2) is 11.6 Å². The van der Waals surface area contributed by atoms with Crippen LogP contribution in [0.25, 0.3) is 0 Å². The lowest BCUT2D eigenvalue weighted by Gasteiger charge is -2.33. The molecule has 2 atom stereocenters. The third-order valence-corrected chi connectivity index (χ3v) is 4.64. The lowest BCUT2D eigenvalue weighted by molar-refractivity contribution is -0.140. The summed E-state index contributed by atoms with van der Waals surface area (Å²) in [6.07, 6.45) is -0.267.